The summed E-state index contributed by atoms with van der Waals surface area (Å²) in [6, 6.07) is 11.0. The van der Waals surface area contributed by atoms with Crippen molar-refractivity contribution in [3.63, 3.8) is 0 Å². The van der Waals surface area contributed by atoms with Crippen LogP contribution in [0.4, 0.5) is 5.69 Å². The number of hydrogen-bond acceptors (Lipinski definition) is 1. The lowest BCUT2D eigenvalue weighted by atomic mass is 10.2. The van der Waals surface area contributed by atoms with Crippen LogP contribution in [0.5, 0.6) is 0 Å². The summed E-state index contributed by atoms with van der Waals surface area (Å²) >= 11 is 21.2. The van der Waals surface area contributed by atoms with Crippen LogP contribution >= 0.6 is 50.7 Å². The molecule has 2 rings (SSSR count). The van der Waals surface area contributed by atoms with Crippen molar-refractivity contribution in [1.29, 1.82) is 0 Å². The van der Waals surface area contributed by atoms with Gasteiger partial charge in [-0.15, -0.1) is 0 Å². The average molecular weight is 365 g/mol. The molecule has 0 radical (unpaired) electrons. The van der Waals surface area contributed by atoms with Gasteiger partial charge in [-0.3, -0.25) is 0 Å². The molecule has 1 nitrogen and oxygen atoms in total. The van der Waals surface area contributed by atoms with Gasteiger partial charge in [0, 0.05) is 31.8 Å². The minimum atomic E-state index is 0.611. The molecular formula is C13H9BrCl3N. The van der Waals surface area contributed by atoms with Crippen molar-refractivity contribution in [2.75, 3.05) is 5.32 Å². The van der Waals surface area contributed by atoms with E-state index in [9.17, 15) is 0 Å². The van der Waals surface area contributed by atoms with Gasteiger partial charge in [0.15, 0.2) is 0 Å². The number of hydrogen-bond donors (Lipinski definition) is 1. The van der Waals surface area contributed by atoms with Crippen LogP contribution in [-0.2, 0) is 6.54 Å². The zero-order valence-corrected chi connectivity index (χ0v) is 13.0. The first-order chi connectivity index (χ1) is 8.54. The first-order valence-corrected chi connectivity index (χ1v) is 7.11. The SMILES string of the molecule is Clc1cc(Cl)cc(NCc2ccc(Cl)cc2Br)c1. The Labute approximate surface area is 129 Å². The van der Waals surface area contributed by atoms with Gasteiger partial charge in [0.25, 0.3) is 0 Å². The first kappa shape index (κ1) is 14.0. The van der Waals surface area contributed by atoms with Crippen molar-refractivity contribution in [3.05, 3.63) is 61.5 Å². The Morgan fingerprint density at radius 3 is 2.17 bits per heavy atom. The number of anilines is 1. The van der Waals surface area contributed by atoms with E-state index in [1.54, 1.807) is 6.07 Å². The molecule has 0 spiro atoms. The lowest BCUT2D eigenvalue weighted by Gasteiger charge is -2.09. The third-order valence-corrected chi connectivity index (χ3v) is 3.77. The molecule has 0 saturated heterocycles. The monoisotopic (exact) mass is 363 g/mol. The van der Waals surface area contributed by atoms with Crippen molar-refractivity contribution in [1.82, 2.24) is 0 Å². The summed E-state index contributed by atoms with van der Waals surface area (Å²) in [4.78, 5) is 0. The predicted octanol–water partition coefficient (Wildman–Crippen LogP) is 6.02. The Hall–Kier alpha value is -0.410. The molecule has 1 N–H and O–H groups in total. The number of nitrogens with one attached hydrogen (secondary N) is 1. The van der Waals surface area contributed by atoms with Crippen molar-refractivity contribution in [3.8, 4) is 0 Å². The molecule has 18 heavy (non-hydrogen) atoms. The molecule has 0 saturated carbocycles. The summed E-state index contributed by atoms with van der Waals surface area (Å²) in [6.45, 7) is 0.661. The van der Waals surface area contributed by atoms with Crippen molar-refractivity contribution >= 4 is 56.4 Å². The summed E-state index contributed by atoms with van der Waals surface area (Å²) < 4.78 is 0.968. The molecule has 94 valence electrons. The minimum Gasteiger partial charge on any atom is -0.381 e. The maximum Gasteiger partial charge on any atom is 0.0441 e. The molecule has 0 aromatic heterocycles. The zero-order valence-electron chi connectivity index (χ0n) is 9.18. The number of rotatable bonds is 3. The normalized spacial score (nSPS) is 10.4. The van der Waals surface area contributed by atoms with Crippen LogP contribution in [0.2, 0.25) is 15.1 Å². The Morgan fingerprint density at radius 2 is 1.56 bits per heavy atom. The van der Waals surface area contributed by atoms with Gasteiger partial charge in [0.05, 0.1) is 0 Å². The average Bonchev–Trinajstić information content (AvgIpc) is 2.26. The quantitative estimate of drug-likeness (QED) is 0.701. The van der Waals surface area contributed by atoms with Crippen LogP contribution in [0, 0.1) is 0 Å². The fraction of sp³-hybridized carbons (Fsp3) is 0.0769. The first-order valence-electron chi connectivity index (χ1n) is 5.18. The maximum atomic E-state index is 5.93. The standard InChI is InChI=1S/C13H9BrCl3N/c14-13-6-9(15)2-1-8(13)7-18-12-4-10(16)3-11(17)5-12/h1-6,18H,7H2. The molecule has 0 unspecified atom stereocenters. The zero-order chi connectivity index (χ0) is 13.1. The third-order valence-electron chi connectivity index (χ3n) is 2.36. The molecule has 0 amide bonds. The van der Waals surface area contributed by atoms with Crippen LogP contribution in [0.25, 0.3) is 0 Å². The van der Waals surface area contributed by atoms with Crippen molar-refractivity contribution < 1.29 is 0 Å². The van der Waals surface area contributed by atoms with E-state index < -0.39 is 0 Å². The second kappa shape index (κ2) is 6.16. The topological polar surface area (TPSA) is 12.0 Å². The molecule has 0 aliphatic heterocycles. The molecule has 2 aromatic carbocycles. The minimum absolute atomic E-state index is 0.611. The molecule has 0 heterocycles. The highest BCUT2D eigenvalue weighted by Crippen LogP contribution is 2.25. The summed E-state index contributed by atoms with van der Waals surface area (Å²) in [6.07, 6.45) is 0. The Kier molecular flexibility index (Phi) is 4.79. The van der Waals surface area contributed by atoms with Gasteiger partial charge in [-0.25, -0.2) is 0 Å². The van der Waals surface area contributed by atoms with E-state index in [-0.39, 0.29) is 0 Å². The van der Waals surface area contributed by atoms with E-state index in [1.807, 2.05) is 30.3 Å². The highest BCUT2D eigenvalue weighted by atomic mass is 79.9. The van der Waals surface area contributed by atoms with E-state index in [2.05, 4.69) is 21.2 Å². The Bertz CT molecular complexity index is 552. The molecule has 2 aromatic rings. The smallest absolute Gasteiger partial charge is 0.0441 e. The molecule has 0 aliphatic rings. The van der Waals surface area contributed by atoms with Gasteiger partial charge in [0.1, 0.15) is 0 Å². The highest BCUT2D eigenvalue weighted by Gasteiger charge is 2.02. The molecular weight excluding hydrogens is 356 g/mol. The predicted molar refractivity (Wildman–Crippen MR) is 82.9 cm³/mol. The molecule has 0 atom stereocenters. The van der Waals surface area contributed by atoms with Crippen LogP contribution in [0.1, 0.15) is 5.56 Å². The summed E-state index contributed by atoms with van der Waals surface area (Å²) in [5.74, 6) is 0. The second-order valence-corrected chi connectivity index (χ2v) is 5.91. The summed E-state index contributed by atoms with van der Waals surface area (Å²) in [5.41, 5.74) is 1.99. The fourth-order valence-corrected chi connectivity index (χ4v) is 2.87. The van der Waals surface area contributed by atoms with Gasteiger partial charge in [0.2, 0.25) is 0 Å². The van der Waals surface area contributed by atoms with E-state index >= 15 is 0 Å². The van der Waals surface area contributed by atoms with E-state index in [4.69, 9.17) is 34.8 Å². The Morgan fingerprint density at radius 1 is 0.889 bits per heavy atom. The van der Waals surface area contributed by atoms with Gasteiger partial charge in [-0.05, 0) is 35.9 Å². The van der Waals surface area contributed by atoms with E-state index in [0.717, 1.165) is 15.7 Å². The highest BCUT2D eigenvalue weighted by molar-refractivity contribution is 9.10. The van der Waals surface area contributed by atoms with Crippen molar-refractivity contribution in [2.24, 2.45) is 0 Å². The van der Waals surface area contributed by atoms with Gasteiger partial charge in [-0.1, -0.05) is 56.8 Å². The second-order valence-electron chi connectivity index (χ2n) is 3.75. The van der Waals surface area contributed by atoms with Crippen LogP contribution in [0.3, 0.4) is 0 Å². The van der Waals surface area contributed by atoms with Crippen LogP contribution in [-0.4, -0.2) is 0 Å². The molecule has 0 fully saturated rings. The van der Waals surface area contributed by atoms with E-state index in [0.29, 0.717) is 21.6 Å². The summed E-state index contributed by atoms with van der Waals surface area (Å²) in [7, 11) is 0. The molecule has 0 aliphatic carbocycles. The van der Waals surface area contributed by atoms with Gasteiger partial charge >= 0.3 is 0 Å². The lowest BCUT2D eigenvalue weighted by molar-refractivity contribution is 1.14. The van der Waals surface area contributed by atoms with Crippen molar-refractivity contribution in [2.45, 2.75) is 6.54 Å². The lowest BCUT2D eigenvalue weighted by Crippen LogP contribution is -2.00. The van der Waals surface area contributed by atoms with Crippen LogP contribution < -0.4 is 5.32 Å². The fourth-order valence-electron chi connectivity index (χ4n) is 1.52. The third kappa shape index (κ3) is 3.79. The van der Waals surface area contributed by atoms with Gasteiger partial charge in [-0.2, -0.15) is 0 Å². The van der Waals surface area contributed by atoms with Crippen LogP contribution in [0.15, 0.2) is 40.9 Å². The Balaban J connectivity index is 2.11. The number of benzene rings is 2. The van der Waals surface area contributed by atoms with E-state index in [1.165, 1.54) is 0 Å². The van der Waals surface area contributed by atoms with Gasteiger partial charge < -0.3 is 5.32 Å². The summed E-state index contributed by atoms with van der Waals surface area (Å²) in [5, 5.41) is 5.19. The molecule has 0 bridgehead atoms. The molecule has 5 heteroatoms. The number of halogens is 4. The largest absolute Gasteiger partial charge is 0.381 e. The maximum absolute atomic E-state index is 5.93.